The molecule has 1 aromatic carbocycles. The molecule has 0 aliphatic carbocycles. The summed E-state index contributed by atoms with van der Waals surface area (Å²) in [5.74, 6) is 1.90. The van der Waals surface area contributed by atoms with Gasteiger partial charge in [-0.05, 0) is 75.3 Å². The Labute approximate surface area is 134 Å². The van der Waals surface area contributed by atoms with Crippen molar-refractivity contribution < 1.29 is 4.74 Å². The number of benzene rings is 1. The van der Waals surface area contributed by atoms with Gasteiger partial charge in [0.15, 0.2) is 0 Å². The molecule has 3 heteroatoms. The van der Waals surface area contributed by atoms with Gasteiger partial charge in [-0.15, -0.1) is 0 Å². The summed E-state index contributed by atoms with van der Waals surface area (Å²) >= 11 is 0. The van der Waals surface area contributed by atoms with E-state index in [-0.39, 0.29) is 6.10 Å². The lowest BCUT2D eigenvalue weighted by Crippen LogP contribution is -2.54. The van der Waals surface area contributed by atoms with Gasteiger partial charge in [-0.1, -0.05) is 6.07 Å². The van der Waals surface area contributed by atoms with Crippen LogP contribution in [0.4, 0.5) is 0 Å². The van der Waals surface area contributed by atoms with E-state index in [1.165, 1.54) is 50.9 Å². The molecule has 1 N–H and O–H groups in total. The molecule has 0 unspecified atom stereocenters. The Kier molecular flexibility index (Phi) is 3.87. The SMILES string of the molecule is CC(C)Oc1ccc2c(c1)CCN1C[C@@H]3CCCN[C@@H]3C[C@H]21. The molecule has 0 radical (unpaired) electrons. The molecule has 3 aliphatic rings. The van der Waals surface area contributed by atoms with Crippen LogP contribution >= 0.6 is 0 Å². The predicted octanol–water partition coefficient (Wildman–Crippen LogP) is 3.14. The maximum atomic E-state index is 5.88. The Bertz CT molecular complexity index is 542. The summed E-state index contributed by atoms with van der Waals surface area (Å²) in [5, 5.41) is 3.77. The first-order valence-corrected chi connectivity index (χ1v) is 8.97. The summed E-state index contributed by atoms with van der Waals surface area (Å²) in [6, 6.07) is 8.12. The number of fused-ring (bicyclic) bond motifs is 4. The highest BCUT2D eigenvalue weighted by atomic mass is 16.5. The van der Waals surface area contributed by atoms with Gasteiger partial charge in [0.05, 0.1) is 6.10 Å². The molecule has 22 heavy (non-hydrogen) atoms. The van der Waals surface area contributed by atoms with Crippen molar-refractivity contribution >= 4 is 0 Å². The van der Waals surface area contributed by atoms with Crippen LogP contribution in [0.15, 0.2) is 18.2 Å². The maximum Gasteiger partial charge on any atom is 0.119 e. The smallest absolute Gasteiger partial charge is 0.119 e. The predicted molar refractivity (Wildman–Crippen MR) is 89.4 cm³/mol. The molecular weight excluding hydrogens is 272 g/mol. The van der Waals surface area contributed by atoms with Crippen molar-refractivity contribution in [1.29, 1.82) is 0 Å². The highest BCUT2D eigenvalue weighted by Gasteiger charge is 2.39. The zero-order chi connectivity index (χ0) is 15.1. The highest BCUT2D eigenvalue weighted by molar-refractivity contribution is 5.40. The first-order chi connectivity index (χ1) is 10.7. The molecule has 0 spiro atoms. The molecule has 4 rings (SSSR count). The largest absolute Gasteiger partial charge is 0.491 e. The van der Waals surface area contributed by atoms with E-state index in [0.29, 0.717) is 6.04 Å². The third-order valence-corrected chi connectivity index (χ3v) is 5.63. The van der Waals surface area contributed by atoms with E-state index in [0.717, 1.165) is 17.7 Å². The molecule has 2 fully saturated rings. The van der Waals surface area contributed by atoms with Gasteiger partial charge in [-0.25, -0.2) is 0 Å². The lowest BCUT2D eigenvalue weighted by Gasteiger charge is -2.49. The molecular formula is C19H28N2O. The van der Waals surface area contributed by atoms with Crippen molar-refractivity contribution in [2.75, 3.05) is 19.6 Å². The summed E-state index contributed by atoms with van der Waals surface area (Å²) in [5.41, 5.74) is 3.06. The molecule has 0 aromatic heterocycles. The molecule has 1 aromatic rings. The molecule has 3 aliphatic heterocycles. The van der Waals surface area contributed by atoms with Crippen molar-refractivity contribution in [2.45, 2.75) is 57.7 Å². The summed E-state index contributed by atoms with van der Waals surface area (Å²) < 4.78 is 5.88. The number of ether oxygens (including phenoxy) is 1. The topological polar surface area (TPSA) is 24.5 Å². The molecule has 120 valence electrons. The van der Waals surface area contributed by atoms with Crippen LogP contribution in [0.1, 0.15) is 50.3 Å². The van der Waals surface area contributed by atoms with Crippen LogP contribution in [-0.4, -0.2) is 36.7 Å². The number of piperidine rings is 2. The van der Waals surface area contributed by atoms with Crippen molar-refractivity contribution in [1.82, 2.24) is 10.2 Å². The molecule has 0 saturated carbocycles. The molecule has 2 saturated heterocycles. The average Bonchev–Trinajstić information content (AvgIpc) is 2.52. The van der Waals surface area contributed by atoms with Crippen LogP contribution in [0.3, 0.4) is 0 Å². The summed E-state index contributed by atoms with van der Waals surface area (Å²) in [4.78, 5) is 2.74. The third-order valence-electron chi connectivity index (χ3n) is 5.63. The quantitative estimate of drug-likeness (QED) is 0.908. The van der Waals surface area contributed by atoms with E-state index in [9.17, 15) is 0 Å². The van der Waals surface area contributed by atoms with E-state index in [1.807, 2.05) is 0 Å². The third kappa shape index (κ3) is 2.65. The van der Waals surface area contributed by atoms with Crippen molar-refractivity contribution in [3.8, 4) is 5.75 Å². The van der Waals surface area contributed by atoms with Gasteiger partial charge < -0.3 is 10.1 Å². The second-order valence-electron chi connectivity index (χ2n) is 7.49. The Morgan fingerprint density at radius 3 is 3.09 bits per heavy atom. The van der Waals surface area contributed by atoms with Gasteiger partial charge >= 0.3 is 0 Å². The second-order valence-corrected chi connectivity index (χ2v) is 7.49. The van der Waals surface area contributed by atoms with Crippen LogP contribution < -0.4 is 10.1 Å². The van der Waals surface area contributed by atoms with Gasteiger partial charge in [0.1, 0.15) is 5.75 Å². The number of nitrogens with zero attached hydrogens (tertiary/aromatic N) is 1. The van der Waals surface area contributed by atoms with Crippen molar-refractivity contribution in [3.05, 3.63) is 29.3 Å². The minimum Gasteiger partial charge on any atom is -0.491 e. The lowest BCUT2D eigenvalue weighted by molar-refractivity contribution is 0.0551. The maximum absolute atomic E-state index is 5.88. The standard InChI is InChI=1S/C19H28N2O/c1-13(2)22-16-5-6-17-14(10-16)7-9-21-12-15-4-3-8-20-18(15)11-19(17)21/h5-6,10,13,15,18-20H,3-4,7-9,11-12H2,1-2H3/t15-,18+,19+/m0/s1. The van der Waals surface area contributed by atoms with Crippen LogP contribution in [0.5, 0.6) is 5.75 Å². The number of hydrogen-bond donors (Lipinski definition) is 1. The normalized spacial score (nSPS) is 31.3. The summed E-state index contributed by atoms with van der Waals surface area (Å²) in [6.45, 7) is 7.90. The van der Waals surface area contributed by atoms with Gasteiger partial charge in [0.25, 0.3) is 0 Å². The Morgan fingerprint density at radius 2 is 2.23 bits per heavy atom. The summed E-state index contributed by atoms with van der Waals surface area (Å²) in [7, 11) is 0. The van der Waals surface area contributed by atoms with E-state index in [2.05, 4.69) is 42.3 Å². The molecule has 0 amide bonds. The number of rotatable bonds is 2. The van der Waals surface area contributed by atoms with Gasteiger partial charge in [-0.2, -0.15) is 0 Å². The zero-order valence-corrected chi connectivity index (χ0v) is 13.8. The van der Waals surface area contributed by atoms with E-state index < -0.39 is 0 Å². The van der Waals surface area contributed by atoms with Crippen molar-refractivity contribution in [3.63, 3.8) is 0 Å². The van der Waals surface area contributed by atoms with Gasteiger partial charge in [0.2, 0.25) is 0 Å². The molecule has 3 nitrogen and oxygen atoms in total. The monoisotopic (exact) mass is 300 g/mol. The fourth-order valence-corrected chi connectivity index (χ4v) is 4.64. The fraction of sp³-hybridized carbons (Fsp3) is 0.684. The van der Waals surface area contributed by atoms with Crippen molar-refractivity contribution in [2.24, 2.45) is 5.92 Å². The van der Waals surface area contributed by atoms with Crippen LogP contribution in [0, 0.1) is 5.92 Å². The highest BCUT2D eigenvalue weighted by Crippen LogP contribution is 2.41. The molecule has 0 bridgehead atoms. The first kappa shape index (κ1) is 14.5. The number of nitrogens with one attached hydrogen (secondary N) is 1. The Balaban J connectivity index is 1.57. The van der Waals surface area contributed by atoms with Crippen LogP contribution in [0.25, 0.3) is 0 Å². The Morgan fingerprint density at radius 1 is 1.32 bits per heavy atom. The molecule has 3 atom stereocenters. The van der Waals surface area contributed by atoms with Crippen LogP contribution in [-0.2, 0) is 6.42 Å². The van der Waals surface area contributed by atoms with E-state index in [4.69, 9.17) is 4.74 Å². The summed E-state index contributed by atoms with van der Waals surface area (Å²) in [6.07, 6.45) is 5.47. The zero-order valence-electron chi connectivity index (χ0n) is 13.8. The molecule has 3 heterocycles. The minimum atomic E-state index is 0.250. The Hall–Kier alpha value is -1.06. The second kappa shape index (κ2) is 5.86. The van der Waals surface area contributed by atoms with E-state index in [1.54, 1.807) is 5.56 Å². The average molecular weight is 300 g/mol. The van der Waals surface area contributed by atoms with Gasteiger partial charge in [-0.3, -0.25) is 4.90 Å². The first-order valence-electron chi connectivity index (χ1n) is 8.97. The van der Waals surface area contributed by atoms with Gasteiger partial charge in [0, 0.05) is 25.2 Å². The minimum absolute atomic E-state index is 0.250. The lowest BCUT2D eigenvalue weighted by atomic mass is 9.77. The number of hydrogen-bond acceptors (Lipinski definition) is 3. The van der Waals surface area contributed by atoms with E-state index >= 15 is 0 Å². The van der Waals surface area contributed by atoms with Crippen LogP contribution in [0.2, 0.25) is 0 Å². The fourth-order valence-electron chi connectivity index (χ4n) is 4.64.